The van der Waals surface area contributed by atoms with Crippen LogP contribution in [0.1, 0.15) is 95.8 Å². The molecule has 0 spiro atoms. The van der Waals surface area contributed by atoms with Gasteiger partial charge in [0.25, 0.3) is 0 Å². The zero-order chi connectivity index (χ0) is 35.5. The molecule has 0 radical (unpaired) electrons. The zero-order valence-corrected chi connectivity index (χ0v) is 33.9. The van der Waals surface area contributed by atoms with Crippen LogP contribution in [0.3, 0.4) is 0 Å². The minimum absolute atomic E-state index is 0. The standard InChI is InChI=1S/C45H50N4O.Pt/c1-27(2)19-33-17-18-46-42(22-33)48-40-14-12-11-13-38(40)39-16-15-36(26-41(39)48)50-37-24-34(45(8,9)10)23-35(25-37)49-32(7)44(31(6)47-49)43-29(4)20-28(3)21-30(43)5;/h11-18,20,22-24,27-28,30,43H,19,21H2,1-10H3;/q-2;+2/t28-,30-,43?;/m0./s1. The summed E-state index contributed by atoms with van der Waals surface area (Å²) in [6, 6.07) is 28.5. The van der Waals surface area contributed by atoms with E-state index in [1.165, 1.54) is 28.8 Å². The van der Waals surface area contributed by atoms with E-state index >= 15 is 0 Å². The van der Waals surface area contributed by atoms with Gasteiger partial charge in [-0.25, -0.2) is 4.98 Å². The second-order valence-corrected chi connectivity index (χ2v) is 16.1. The number of hydrogen-bond donors (Lipinski definition) is 0. The molecule has 0 saturated carbocycles. The molecule has 3 aromatic carbocycles. The molecule has 3 aromatic heterocycles. The van der Waals surface area contributed by atoms with Gasteiger partial charge in [0, 0.05) is 40.4 Å². The largest absolute Gasteiger partial charge is 2.00 e. The smallest absolute Gasteiger partial charge is 0.509 e. The molecule has 6 heteroatoms. The van der Waals surface area contributed by atoms with Gasteiger partial charge in [0.05, 0.1) is 5.69 Å². The topological polar surface area (TPSA) is 44.9 Å². The zero-order valence-electron chi connectivity index (χ0n) is 31.7. The van der Waals surface area contributed by atoms with Crippen molar-refractivity contribution in [1.29, 1.82) is 0 Å². The summed E-state index contributed by atoms with van der Waals surface area (Å²) in [7, 11) is 0. The molecule has 1 aliphatic carbocycles. The Hall–Kier alpha value is -3.95. The van der Waals surface area contributed by atoms with E-state index in [9.17, 15) is 0 Å². The number of nitrogens with zero attached hydrogens (tertiary/aromatic N) is 4. The van der Waals surface area contributed by atoms with E-state index in [0.717, 1.165) is 51.0 Å². The molecule has 51 heavy (non-hydrogen) atoms. The number of allylic oxidation sites excluding steroid dienone is 2. The van der Waals surface area contributed by atoms with E-state index in [2.05, 4.69) is 151 Å². The molecule has 6 aromatic rings. The molecule has 0 amide bonds. The van der Waals surface area contributed by atoms with Crippen molar-refractivity contribution in [3.05, 3.63) is 119 Å². The van der Waals surface area contributed by atoms with Crippen molar-refractivity contribution in [2.75, 3.05) is 0 Å². The van der Waals surface area contributed by atoms with Crippen LogP contribution in [0.2, 0.25) is 0 Å². The quantitative estimate of drug-likeness (QED) is 0.119. The van der Waals surface area contributed by atoms with Gasteiger partial charge >= 0.3 is 21.1 Å². The van der Waals surface area contributed by atoms with Crippen LogP contribution in [0.15, 0.2) is 78.5 Å². The molecular formula is C45H50N4OPt. The van der Waals surface area contributed by atoms with Crippen molar-refractivity contribution in [3.8, 4) is 23.0 Å². The molecule has 3 atom stereocenters. The van der Waals surface area contributed by atoms with Gasteiger partial charge in [-0.15, -0.1) is 41.3 Å². The fraction of sp³-hybridized carbons (Fsp3) is 0.378. The van der Waals surface area contributed by atoms with Crippen LogP contribution >= 0.6 is 0 Å². The number of rotatable bonds is 7. The van der Waals surface area contributed by atoms with Crippen LogP contribution in [0.5, 0.6) is 11.5 Å². The van der Waals surface area contributed by atoms with E-state index in [-0.39, 0.29) is 26.5 Å². The molecular weight excluding hydrogens is 808 g/mol. The summed E-state index contributed by atoms with van der Waals surface area (Å²) < 4.78 is 11.0. The van der Waals surface area contributed by atoms with Crippen LogP contribution in [0.25, 0.3) is 33.3 Å². The number of aryl methyl sites for hydroxylation is 1. The van der Waals surface area contributed by atoms with Gasteiger partial charge in [-0.1, -0.05) is 83.8 Å². The molecule has 0 N–H and O–H groups in total. The molecule has 7 rings (SSSR count). The number of para-hydroxylation sites is 1. The van der Waals surface area contributed by atoms with Crippen LogP contribution < -0.4 is 4.74 Å². The molecule has 0 saturated heterocycles. The number of hydrogen-bond acceptors (Lipinski definition) is 3. The molecule has 266 valence electrons. The summed E-state index contributed by atoms with van der Waals surface area (Å²) in [4.78, 5) is 4.83. The number of aromatic nitrogens is 4. The minimum Gasteiger partial charge on any atom is -0.509 e. The summed E-state index contributed by atoms with van der Waals surface area (Å²) >= 11 is 0. The Kier molecular flexibility index (Phi) is 10.3. The SMILES string of the molecule is CC1=C[C@H](C)C[C@H](C)C1c1c(C)nn(-c2[c-]c(Oc3[c-]c4c(cc3)c3ccccc3n4-c3cc(CC(C)C)ccn3)cc(C(C)(C)C)c2)c1C.[Pt+2]. The predicted molar refractivity (Wildman–Crippen MR) is 206 cm³/mol. The van der Waals surface area contributed by atoms with Gasteiger partial charge in [0.2, 0.25) is 0 Å². The maximum Gasteiger partial charge on any atom is 2.00 e. The summed E-state index contributed by atoms with van der Waals surface area (Å²) in [6.07, 6.45) is 6.55. The van der Waals surface area contributed by atoms with Gasteiger partial charge in [-0.2, -0.15) is 11.2 Å². The van der Waals surface area contributed by atoms with Gasteiger partial charge in [-0.3, -0.25) is 4.68 Å². The summed E-state index contributed by atoms with van der Waals surface area (Å²) in [6.45, 7) is 22.6. The van der Waals surface area contributed by atoms with E-state index in [4.69, 9.17) is 14.8 Å². The molecule has 0 fully saturated rings. The first-order valence-electron chi connectivity index (χ1n) is 18.2. The monoisotopic (exact) mass is 857 g/mol. The van der Waals surface area contributed by atoms with Crippen molar-refractivity contribution in [2.24, 2.45) is 17.8 Å². The van der Waals surface area contributed by atoms with Crippen molar-refractivity contribution >= 4 is 21.8 Å². The molecule has 1 aliphatic rings. The Morgan fingerprint density at radius 3 is 2.41 bits per heavy atom. The van der Waals surface area contributed by atoms with Crippen LogP contribution in [-0.4, -0.2) is 19.3 Å². The average Bonchev–Trinajstić information content (AvgIpc) is 3.53. The van der Waals surface area contributed by atoms with Crippen LogP contribution in [0.4, 0.5) is 0 Å². The van der Waals surface area contributed by atoms with E-state index in [1.807, 2.05) is 12.3 Å². The predicted octanol–water partition coefficient (Wildman–Crippen LogP) is 11.6. The number of ether oxygens (including phenoxy) is 1. The van der Waals surface area contributed by atoms with Crippen molar-refractivity contribution < 1.29 is 25.8 Å². The number of pyridine rings is 1. The Bertz CT molecular complexity index is 2250. The van der Waals surface area contributed by atoms with E-state index in [0.29, 0.717) is 35.2 Å². The first-order chi connectivity index (χ1) is 23.8. The summed E-state index contributed by atoms with van der Waals surface area (Å²) in [5.74, 6) is 4.26. The molecule has 1 unspecified atom stereocenters. The second-order valence-electron chi connectivity index (χ2n) is 16.1. The maximum atomic E-state index is 6.69. The van der Waals surface area contributed by atoms with Crippen molar-refractivity contribution in [3.63, 3.8) is 0 Å². The Morgan fingerprint density at radius 1 is 0.922 bits per heavy atom. The first-order valence-corrected chi connectivity index (χ1v) is 18.2. The fourth-order valence-corrected chi connectivity index (χ4v) is 8.25. The van der Waals surface area contributed by atoms with Crippen LogP contribution in [-0.2, 0) is 32.9 Å². The van der Waals surface area contributed by atoms with Crippen molar-refractivity contribution in [1.82, 2.24) is 19.3 Å². The molecule has 0 aliphatic heterocycles. The minimum atomic E-state index is -0.110. The summed E-state index contributed by atoms with van der Waals surface area (Å²) in [5.41, 5.74) is 10.3. The van der Waals surface area contributed by atoms with E-state index in [1.54, 1.807) is 0 Å². The maximum absolute atomic E-state index is 6.69. The van der Waals surface area contributed by atoms with Gasteiger partial charge < -0.3 is 9.30 Å². The third kappa shape index (κ3) is 7.12. The Morgan fingerprint density at radius 2 is 1.69 bits per heavy atom. The second kappa shape index (κ2) is 14.2. The van der Waals surface area contributed by atoms with Crippen LogP contribution in [0, 0.1) is 43.7 Å². The Balaban J connectivity index is 0.00000448. The average molecular weight is 858 g/mol. The van der Waals surface area contributed by atoms with E-state index < -0.39 is 0 Å². The third-order valence-electron chi connectivity index (χ3n) is 10.4. The van der Waals surface area contributed by atoms with Crippen molar-refractivity contribution in [2.45, 2.75) is 93.4 Å². The van der Waals surface area contributed by atoms with Gasteiger partial charge in [0.15, 0.2) is 0 Å². The molecule has 3 heterocycles. The third-order valence-corrected chi connectivity index (χ3v) is 10.4. The first kappa shape index (κ1) is 36.8. The van der Waals surface area contributed by atoms with Gasteiger partial charge in [-0.05, 0) is 91.6 Å². The summed E-state index contributed by atoms with van der Waals surface area (Å²) in [5, 5.41) is 7.41. The van der Waals surface area contributed by atoms with Gasteiger partial charge in [0.1, 0.15) is 5.82 Å². The normalized spacial score (nSPS) is 17.9. The number of benzene rings is 3. The Labute approximate surface area is 318 Å². The number of fused-ring (bicyclic) bond motifs is 3. The fourth-order valence-electron chi connectivity index (χ4n) is 8.25. The molecule has 0 bridgehead atoms. The molecule has 5 nitrogen and oxygen atoms in total.